The number of carboxylic acid groups (broad SMARTS) is 1. The highest BCUT2D eigenvalue weighted by molar-refractivity contribution is 6.00. The van der Waals surface area contributed by atoms with Crippen LogP contribution in [0.4, 0.5) is 0 Å². The van der Waals surface area contributed by atoms with Crippen LogP contribution in [-0.4, -0.2) is 76.4 Å². The molecule has 36 heavy (non-hydrogen) atoms. The summed E-state index contributed by atoms with van der Waals surface area (Å²) in [7, 11) is 0. The third-order valence-corrected chi connectivity index (χ3v) is 8.50. The number of fused-ring (bicyclic) bond motifs is 2. The molecule has 2 saturated heterocycles. The Kier molecular flexibility index (Phi) is 6.53. The van der Waals surface area contributed by atoms with E-state index in [2.05, 4.69) is 18.2 Å². The highest BCUT2D eigenvalue weighted by Crippen LogP contribution is 2.47. The molecule has 1 amide bonds. The van der Waals surface area contributed by atoms with Crippen LogP contribution in [-0.2, 0) is 16.1 Å². The molecule has 3 aliphatic heterocycles. The Morgan fingerprint density at radius 2 is 1.89 bits per heavy atom. The molecule has 0 spiro atoms. The third-order valence-electron chi connectivity index (χ3n) is 8.50. The first-order chi connectivity index (χ1) is 17.3. The van der Waals surface area contributed by atoms with E-state index in [0.29, 0.717) is 17.9 Å². The first-order valence-corrected chi connectivity index (χ1v) is 12.9. The van der Waals surface area contributed by atoms with Crippen LogP contribution in [0.1, 0.15) is 32.3 Å². The quantitative estimate of drug-likeness (QED) is 0.365. The maximum atomic E-state index is 12.6. The van der Waals surface area contributed by atoms with Crippen molar-refractivity contribution < 1.29 is 29.0 Å². The molecule has 3 aliphatic rings. The number of aliphatic carboxylic acids is 1. The molecule has 192 valence electrons. The number of benzene rings is 2. The minimum Gasteiger partial charge on any atom is -0.488 e. The third kappa shape index (κ3) is 3.97. The number of carboxylic acids is 1. The van der Waals surface area contributed by atoms with E-state index in [0.717, 1.165) is 41.4 Å². The van der Waals surface area contributed by atoms with E-state index >= 15 is 0 Å². The number of amides is 1. The number of rotatable bonds is 9. The van der Waals surface area contributed by atoms with Crippen LogP contribution in [0, 0.1) is 11.8 Å². The Bertz CT molecular complexity index is 1220. The number of likely N-dealkylation sites (tertiary alicyclic amines) is 1. The average molecular weight is 495 g/mol. The Balaban J connectivity index is 1.42. The fraction of sp³-hybridized carbons (Fsp3) is 0.500. The molecule has 2 fully saturated rings. The normalized spacial score (nSPS) is 25.7. The van der Waals surface area contributed by atoms with Crippen molar-refractivity contribution in [2.24, 2.45) is 17.6 Å². The summed E-state index contributed by atoms with van der Waals surface area (Å²) >= 11 is 0. The lowest BCUT2D eigenvalue weighted by molar-refractivity contribution is -0.928. The Hall–Kier alpha value is -2.94. The minimum atomic E-state index is -1.14. The summed E-state index contributed by atoms with van der Waals surface area (Å²) in [6.07, 6.45) is 1.64. The molecule has 4 atom stereocenters. The molecule has 0 aromatic heterocycles. The number of ether oxygens (including phenoxy) is 1. The number of β-lactam (4-membered cyclic amide) rings is 1. The Morgan fingerprint density at radius 1 is 1.19 bits per heavy atom. The second-order valence-corrected chi connectivity index (χ2v) is 10.7. The highest BCUT2D eigenvalue weighted by Gasteiger charge is 2.59. The maximum Gasteiger partial charge on any atom is 0.352 e. The molecule has 8 nitrogen and oxygen atoms in total. The standard InChI is InChI=1S/C28H35N3O5/c1-17-22(26(28(34)35)30-25(17)24(18(2)32)27(30)33)16-36-23-10-6-8-20-19(7-5-9-21(20)23)15-31(14-11-29)12-3-4-13-31/h5-10,17-18,24-25,32H,3-4,11-16,29H2,1-2H3/p+1/t17-,18+,24+,25+/m0/s1. The van der Waals surface area contributed by atoms with Gasteiger partial charge in [-0.1, -0.05) is 37.3 Å². The Labute approximate surface area is 211 Å². The van der Waals surface area contributed by atoms with E-state index in [1.807, 2.05) is 25.1 Å². The van der Waals surface area contributed by atoms with E-state index in [4.69, 9.17) is 10.5 Å². The van der Waals surface area contributed by atoms with Crippen LogP contribution in [0.5, 0.6) is 5.75 Å². The summed E-state index contributed by atoms with van der Waals surface area (Å²) in [5.41, 5.74) is 7.81. The lowest BCUT2D eigenvalue weighted by Gasteiger charge is -2.46. The maximum absolute atomic E-state index is 12.6. The highest BCUT2D eigenvalue weighted by atomic mass is 16.5. The minimum absolute atomic E-state index is 0.00224. The molecule has 8 heteroatoms. The molecule has 0 aliphatic carbocycles. The van der Waals surface area contributed by atoms with E-state index in [-0.39, 0.29) is 30.2 Å². The summed E-state index contributed by atoms with van der Waals surface area (Å²) in [6, 6.07) is 11.9. The first-order valence-electron chi connectivity index (χ1n) is 12.9. The summed E-state index contributed by atoms with van der Waals surface area (Å²) in [4.78, 5) is 26.0. The van der Waals surface area contributed by atoms with Gasteiger partial charge in [-0.2, -0.15) is 0 Å². The van der Waals surface area contributed by atoms with Gasteiger partial charge < -0.3 is 30.1 Å². The SMILES string of the molecule is C[C@@H](O)[C@H]1C(=O)N2C(C(=O)O)=C(COc3cccc4c(C[N+]5(CCN)CCCC5)cccc34)[C@H](C)[C@H]12. The van der Waals surface area contributed by atoms with Crippen molar-refractivity contribution in [3.63, 3.8) is 0 Å². The van der Waals surface area contributed by atoms with Crippen molar-refractivity contribution in [3.05, 3.63) is 53.2 Å². The van der Waals surface area contributed by atoms with Gasteiger partial charge in [0.15, 0.2) is 0 Å². The van der Waals surface area contributed by atoms with Gasteiger partial charge in [0.25, 0.3) is 0 Å². The van der Waals surface area contributed by atoms with Crippen LogP contribution in [0.3, 0.4) is 0 Å². The molecule has 0 saturated carbocycles. The first kappa shape index (κ1) is 24.7. The molecule has 2 aromatic carbocycles. The van der Waals surface area contributed by atoms with Crippen molar-refractivity contribution in [1.29, 1.82) is 0 Å². The summed E-state index contributed by atoms with van der Waals surface area (Å²) in [5, 5.41) is 22.1. The van der Waals surface area contributed by atoms with Gasteiger partial charge in [-0.05, 0) is 18.4 Å². The topological polar surface area (TPSA) is 113 Å². The molecular weight excluding hydrogens is 458 g/mol. The van der Waals surface area contributed by atoms with Gasteiger partial charge in [-0.3, -0.25) is 4.79 Å². The molecule has 0 unspecified atom stereocenters. The van der Waals surface area contributed by atoms with Crippen molar-refractivity contribution in [2.75, 3.05) is 32.8 Å². The van der Waals surface area contributed by atoms with Crippen LogP contribution in [0.15, 0.2) is 47.7 Å². The summed E-state index contributed by atoms with van der Waals surface area (Å²) in [6.45, 7) is 8.45. The lowest BCUT2D eigenvalue weighted by Crippen LogP contribution is -2.63. The largest absolute Gasteiger partial charge is 0.488 e. The van der Waals surface area contributed by atoms with Gasteiger partial charge >= 0.3 is 5.97 Å². The summed E-state index contributed by atoms with van der Waals surface area (Å²) < 4.78 is 7.28. The Morgan fingerprint density at radius 3 is 2.56 bits per heavy atom. The fourth-order valence-electron chi connectivity index (χ4n) is 6.70. The number of carbonyl (C=O) groups is 2. The van der Waals surface area contributed by atoms with Crippen LogP contribution in [0.2, 0.25) is 0 Å². The molecule has 3 heterocycles. The second-order valence-electron chi connectivity index (χ2n) is 10.7. The number of aliphatic hydroxyl groups excluding tert-OH is 1. The molecule has 2 aromatic rings. The zero-order valence-corrected chi connectivity index (χ0v) is 21.0. The van der Waals surface area contributed by atoms with Gasteiger partial charge in [-0.25, -0.2) is 4.79 Å². The van der Waals surface area contributed by atoms with Crippen molar-refractivity contribution in [3.8, 4) is 5.75 Å². The molecule has 0 bridgehead atoms. The predicted octanol–water partition coefficient (Wildman–Crippen LogP) is 2.48. The number of quaternary nitrogens is 1. The predicted molar refractivity (Wildman–Crippen MR) is 136 cm³/mol. The van der Waals surface area contributed by atoms with Gasteiger partial charge in [0, 0.05) is 41.8 Å². The fourth-order valence-corrected chi connectivity index (χ4v) is 6.70. The van der Waals surface area contributed by atoms with Crippen LogP contribution < -0.4 is 10.5 Å². The molecular formula is C28H36N3O5+. The number of aliphatic hydroxyl groups is 1. The van der Waals surface area contributed by atoms with Gasteiger partial charge in [0.1, 0.15) is 24.6 Å². The summed E-state index contributed by atoms with van der Waals surface area (Å²) in [5.74, 6) is -1.57. The van der Waals surface area contributed by atoms with Gasteiger partial charge in [0.05, 0.1) is 37.7 Å². The molecule has 0 radical (unpaired) electrons. The monoisotopic (exact) mass is 494 g/mol. The number of carbonyl (C=O) groups excluding carboxylic acids is 1. The average Bonchev–Trinajstić information content (AvgIpc) is 3.38. The lowest BCUT2D eigenvalue weighted by atomic mass is 9.78. The van der Waals surface area contributed by atoms with Crippen LogP contribution >= 0.6 is 0 Å². The zero-order chi connectivity index (χ0) is 25.6. The van der Waals surface area contributed by atoms with Gasteiger partial charge in [-0.15, -0.1) is 0 Å². The number of nitrogens with zero attached hydrogens (tertiary/aromatic N) is 2. The second kappa shape index (κ2) is 9.50. The van der Waals surface area contributed by atoms with Crippen LogP contribution in [0.25, 0.3) is 10.8 Å². The van der Waals surface area contributed by atoms with E-state index in [9.17, 15) is 19.8 Å². The molecule has 4 N–H and O–H groups in total. The van der Waals surface area contributed by atoms with E-state index in [1.165, 1.54) is 23.3 Å². The number of nitrogens with two attached hydrogens (primary N) is 1. The van der Waals surface area contributed by atoms with Crippen molar-refractivity contribution in [1.82, 2.24) is 4.90 Å². The van der Waals surface area contributed by atoms with Gasteiger partial charge in [0.2, 0.25) is 5.91 Å². The van der Waals surface area contributed by atoms with E-state index < -0.39 is 18.0 Å². The van der Waals surface area contributed by atoms with Crippen molar-refractivity contribution in [2.45, 2.75) is 45.4 Å². The zero-order valence-electron chi connectivity index (χ0n) is 21.0. The molecule has 5 rings (SSSR count). The number of hydrogen-bond acceptors (Lipinski definition) is 5. The van der Waals surface area contributed by atoms with E-state index in [1.54, 1.807) is 6.92 Å². The smallest absolute Gasteiger partial charge is 0.352 e. The number of hydrogen-bond donors (Lipinski definition) is 3. The van der Waals surface area contributed by atoms with Crippen molar-refractivity contribution >= 4 is 22.6 Å².